The smallest absolute Gasteiger partial charge is 0.0394 e. The lowest BCUT2D eigenvalue weighted by atomic mass is 10.0. The highest BCUT2D eigenvalue weighted by Gasteiger charge is 1.99. The van der Waals surface area contributed by atoms with Gasteiger partial charge in [0.25, 0.3) is 0 Å². The molecular formula is C11H20N2. The Kier molecular flexibility index (Phi) is 6.98. The van der Waals surface area contributed by atoms with Crippen molar-refractivity contribution in [3.8, 4) is 0 Å². The Balaban J connectivity index is 3.88. The van der Waals surface area contributed by atoms with Crippen LogP contribution in [0.5, 0.6) is 0 Å². The summed E-state index contributed by atoms with van der Waals surface area (Å²) in [6.07, 6.45) is 10.1. The molecule has 0 bridgehead atoms. The van der Waals surface area contributed by atoms with Crippen molar-refractivity contribution in [2.24, 2.45) is 5.92 Å². The molecule has 0 aliphatic rings. The van der Waals surface area contributed by atoms with Crippen molar-refractivity contribution in [2.75, 3.05) is 7.05 Å². The highest BCUT2D eigenvalue weighted by atomic mass is 14.8. The summed E-state index contributed by atoms with van der Waals surface area (Å²) in [5.41, 5.74) is 0.640. The fourth-order valence-corrected chi connectivity index (χ4v) is 0.896. The van der Waals surface area contributed by atoms with Crippen molar-refractivity contribution in [1.29, 1.82) is 5.41 Å². The van der Waals surface area contributed by atoms with Crippen molar-refractivity contribution in [3.05, 3.63) is 24.4 Å². The summed E-state index contributed by atoms with van der Waals surface area (Å²) in [6, 6.07) is 0. The molecule has 1 unspecified atom stereocenters. The summed E-state index contributed by atoms with van der Waals surface area (Å²) in [5.74, 6) is 0.219. The molecule has 0 saturated carbocycles. The number of hydrogen-bond acceptors (Lipinski definition) is 2. The van der Waals surface area contributed by atoms with E-state index in [0.717, 1.165) is 6.42 Å². The van der Waals surface area contributed by atoms with E-state index in [0.29, 0.717) is 5.71 Å². The molecule has 0 aromatic rings. The molecule has 13 heavy (non-hydrogen) atoms. The van der Waals surface area contributed by atoms with Crippen LogP contribution in [0.2, 0.25) is 0 Å². The average Bonchev–Trinajstić information content (AvgIpc) is 2.14. The Morgan fingerprint density at radius 2 is 2.23 bits per heavy atom. The minimum Gasteiger partial charge on any atom is -0.394 e. The van der Waals surface area contributed by atoms with Crippen LogP contribution in [0.4, 0.5) is 0 Å². The zero-order valence-corrected chi connectivity index (χ0v) is 8.80. The van der Waals surface area contributed by atoms with E-state index in [1.807, 2.05) is 14.0 Å². The van der Waals surface area contributed by atoms with Crippen molar-refractivity contribution in [2.45, 2.75) is 26.7 Å². The predicted molar refractivity (Wildman–Crippen MR) is 59.1 cm³/mol. The van der Waals surface area contributed by atoms with Crippen LogP contribution < -0.4 is 5.32 Å². The van der Waals surface area contributed by atoms with Crippen LogP contribution >= 0.6 is 0 Å². The largest absolute Gasteiger partial charge is 0.394 e. The molecule has 0 saturated heterocycles. The zero-order valence-electron chi connectivity index (χ0n) is 8.80. The third kappa shape index (κ3) is 6.14. The summed E-state index contributed by atoms with van der Waals surface area (Å²) in [7, 11) is 1.83. The normalized spacial score (nSPS) is 13.8. The molecule has 2 nitrogen and oxygen atoms in total. The Morgan fingerprint density at radius 1 is 1.54 bits per heavy atom. The maximum atomic E-state index is 7.66. The first-order chi connectivity index (χ1) is 6.22. The first-order valence-electron chi connectivity index (χ1n) is 4.81. The molecule has 0 aromatic heterocycles. The molecule has 0 rings (SSSR count). The van der Waals surface area contributed by atoms with Crippen LogP contribution in [0.1, 0.15) is 26.7 Å². The molecule has 1 atom stereocenters. The van der Waals surface area contributed by atoms with Gasteiger partial charge in [-0.3, -0.25) is 0 Å². The fraction of sp³-hybridized carbons (Fsp3) is 0.545. The third-order valence-corrected chi connectivity index (χ3v) is 1.80. The molecule has 0 aliphatic heterocycles. The van der Waals surface area contributed by atoms with E-state index >= 15 is 0 Å². The number of nitrogens with one attached hydrogen (secondary N) is 2. The Labute approximate surface area is 81.2 Å². The van der Waals surface area contributed by atoms with Gasteiger partial charge in [-0.05, 0) is 18.7 Å². The van der Waals surface area contributed by atoms with E-state index in [2.05, 4.69) is 24.4 Å². The van der Waals surface area contributed by atoms with Gasteiger partial charge in [-0.15, -0.1) is 0 Å². The van der Waals surface area contributed by atoms with E-state index in [1.54, 1.807) is 12.3 Å². The van der Waals surface area contributed by atoms with Crippen LogP contribution in [0, 0.1) is 11.3 Å². The maximum absolute atomic E-state index is 7.66. The summed E-state index contributed by atoms with van der Waals surface area (Å²) >= 11 is 0. The summed E-state index contributed by atoms with van der Waals surface area (Å²) in [4.78, 5) is 0. The van der Waals surface area contributed by atoms with Crippen LogP contribution in [0.3, 0.4) is 0 Å². The van der Waals surface area contributed by atoms with Gasteiger partial charge in [-0.25, -0.2) is 0 Å². The Morgan fingerprint density at radius 3 is 2.77 bits per heavy atom. The zero-order chi connectivity index (χ0) is 10.1. The molecule has 0 fully saturated rings. The van der Waals surface area contributed by atoms with E-state index in [-0.39, 0.29) is 5.92 Å². The second kappa shape index (κ2) is 7.59. The second-order valence-corrected chi connectivity index (χ2v) is 3.08. The summed E-state index contributed by atoms with van der Waals surface area (Å²) in [6.45, 7) is 4.19. The third-order valence-electron chi connectivity index (χ3n) is 1.80. The molecule has 0 aliphatic carbocycles. The van der Waals surface area contributed by atoms with Crippen LogP contribution in [-0.4, -0.2) is 12.8 Å². The van der Waals surface area contributed by atoms with Crippen LogP contribution in [-0.2, 0) is 0 Å². The highest BCUT2D eigenvalue weighted by Crippen LogP contribution is 2.02. The SMILES string of the molecule is CCC/C=C\C(C)C(=N)/C=C\NC. The average molecular weight is 180 g/mol. The van der Waals surface area contributed by atoms with Gasteiger partial charge in [0.2, 0.25) is 0 Å². The van der Waals surface area contributed by atoms with E-state index in [4.69, 9.17) is 5.41 Å². The van der Waals surface area contributed by atoms with Gasteiger partial charge in [-0.1, -0.05) is 32.4 Å². The van der Waals surface area contributed by atoms with Crippen LogP contribution in [0.15, 0.2) is 24.4 Å². The molecule has 0 aromatic carbocycles. The Bertz CT molecular complexity index is 192. The second-order valence-electron chi connectivity index (χ2n) is 3.08. The van der Waals surface area contributed by atoms with E-state index in [9.17, 15) is 0 Å². The lowest BCUT2D eigenvalue weighted by Gasteiger charge is -2.03. The van der Waals surface area contributed by atoms with Gasteiger partial charge in [-0.2, -0.15) is 0 Å². The van der Waals surface area contributed by atoms with Gasteiger partial charge >= 0.3 is 0 Å². The first kappa shape index (κ1) is 11.9. The quantitative estimate of drug-likeness (QED) is 0.478. The van der Waals surface area contributed by atoms with Crippen LogP contribution in [0.25, 0.3) is 0 Å². The number of unbranched alkanes of at least 4 members (excludes halogenated alkanes) is 1. The monoisotopic (exact) mass is 180 g/mol. The number of rotatable bonds is 6. The lowest BCUT2D eigenvalue weighted by molar-refractivity contribution is 0.925. The molecular weight excluding hydrogens is 160 g/mol. The van der Waals surface area contributed by atoms with Gasteiger partial charge in [0, 0.05) is 18.7 Å². The highest BCUT2D eigenvalue weighted by molar-refractivity contribution is 5.95. The molecule has 2 N–H and O–H groups in total. The van der Waals surface area contributed by atoms with Gasteiger partial charge in [0.1, 0.15) is 0 Å². The number of hydrogen-bond donors (Lipinski definition) is 2. The molecule has 0 heterocycles. The minimum absolute atomic E-state index is 0.219. The van der Waals surface area contributed by atoms with E-state index < -0.39 is 0 Å². The standard InChI is InChI=1S/C11H20N2/c1-4-5-6-7-10(2)11(12)8-9-13-3/h6-10,12-13H,4-5H2,1-3H3/b7-6-,9-8-,12-11?. The molecule has 0 radical (unpaired) electrons. The minimum atomic E-state index is 0.219. The van der Waals surface area contributed by atoms with Crippen molar-refractivity contribution in [1.82, 2.24) is 5.32 Å². The molecule has 0 amide bonds. The Hall–Kier alpha value is -1.05. The van der Waals surface area contributed by atoms with Gasteiger partial charge in [0.15, 0.2) is 0 Å². The van der Waals surface area contributed by atoms with Crippen molar-refractivity contribution in [3.63, 3.8) is 0 Å². The predicted octanol–water partition coefficient (Wildman–Crippen LogP) is 2.73. The van der Waals surface area contributed by atoms with Gasteiger partial charge in [0.05, 0.1) is 0 Å². The number of allylic oxidation sites excluding steroid dienone is 3. The topological polar surface area (TPSA) is 35.9 Å². The first-order valence-corrected chi connectivity index (χ1v) is 4.81. The van der Waals surface area contributed by atoms with E-state index in [1.165, 1.54) is 6.42 Å². The van der Waals surface area contributed by atoms with Gasteiger partial charge < -0.3 is 10.7 Å². The fourth-order valence-electron chi connectivity index (χ4n) is 0.896. The summed E-state index contributed by atoms with van der Waals surface area (Å²) < 4.78 is 0. The molecule has 74 valence electrons. The lowest BCUT2D eigenvalue weighted by Crippen LogP contribution is -2.05. The molecule has 2 heteroatoms. The summed E-state index contributed by atoms with van der Waals surface area (Å²) in [5, 5.41) is 10.5. The van der Waals surface area contributed by atoms with Crippen molar-refractivity contribution >= 4 is 5.71 Å². The maximum Gasteiger partial charge on any atom is 0.0394 e. The molecule has 0 spiro atoms. The van der Waals surface area contributed by atoms with Crippen molar-refractivity contribution < 1.29 is 0 Å².